The van der Waals surface area contributed by atoms with E-state index in [2.05, 4.69) is 19.9 Å². The molecule has 232 valence electrons. The van der Waals surface area contributed by atoms with Crippen LogP contribution in [0.4, 0.5) is 13.2 Å². The molecule has 4 saturated carbocycles. The highest BCUT2D eigenvalue weighted by molar-refractivity contribution is 5.80. The second-order valence-electron chi connectivity index (χ2n) is 13.3. The van der Waals surface area contributed by atoms with E-state index in [0.717, 1.165) is 68.0 Å². The highest BCUT2D eigenvalue weighted by Gasteiger charge is 2.52. The van der Waals surface area contributed by atoms with Crippen molar-refractivity contribution in [3.8, 4) is 17.3 Å². The van der Waals surface area contributed by atoms with E-state index in [1.54, 1.807) is 28.5 Å². The number of hydrogen-bond acceptors (Lipinski definition) is 7. The van der Waals surface area contributed by atoms with Crippen molar-refractivity contribution in [3.63, 3.8) is 0 Å². The summed E-state index contributed by atoms with van der Waals surface area (Å²) in [6.07, 6.45) is 6.60. The number of ether oxygens (including phenoxy) is 1. The summed E-state index contributed by atoms with van der Waals surface area (Å²) < 4.78 is 50.1. The van der Waals surface area contributed by atoms with Gasteiger partial charge in [0, 0.05) is 47.8 Å². The number of nitrogens with zero attached hydrogens (tertiary/aromatic N) is 7. The molecule has 4 fully saturated rings. The second kappa shape index (κ2) is 10.1. The van der Waals surface area contributed by atoms with Gasteiger partial charge in [0.15, 0.2) is 11.5 Å². The Morgan fingerprint density at radius 2 is 1.75 bits per heavy atom. The van der Waals surface area contributed by atoms with Crippen LogP contribution in [0.15, 0.2) is 29.6 Å². The molecular formula is C32H36F3N7O2. The third-order valence-electron chi connectivity index (χ3n) is 10.2. The lowest BCUT2D eigenvalue weighted by atomic mass is 9.53. The first-order chi connectivity index (χ1) is 20.9. The molecule has 0 atom stereocenters. The molecule has 0 unspecified atom stereocenters. The predicted molar refractivity (Wildman–Crippen MR) is 158 cm³/mol. The van der Waals surface area contributed by atoms with Crippen LogP contribution in [0.25, 0.3) is 22.4 Å². The number of aromatic nitrogens is 7. The zero-order valence-corrected chi connectivity index (χ0v) is 25.4. The fourth-order valence-electron chi connectivity index (χ4n) is 7.48. The molecule has 4 heterocycles. The number of hydrogen-bond donors (Lipinski definition) is 0. The number of methoxy groups -OCH3 is 1. The fraction of sp³-hybridized carbons (Fsp3) is 0.562. The average Bonchev–Trinajstić information content (AvgIpc) is 3.74. The second-order valence-corrected chi connectivity index (χ2v) is 13.3. The molecular weight excluding hydrogens is 571 g/mol. The van der Waals surface area contributed by atoms with Gasteiger partial charge >= 0.3 is 6.18 Å². The minimum absolute atomic E-state index is 0.125. The number of halogens is 3. The lowest BCUT2D eigenvalue weighted by Gasteiger charge is -2.53. The molecule has 0 aliphatic heterocycles. The predicted octanol–water partition coefficient (Wildman–Crippen LogP) is 6.53. The van der Waals surface area contributed by atoms with E-state index in [0.29, 0.717) is 41.2 Å². The molecule has 0 radical (unpaired) electrons. The van der Waals surface area contributed by atoms with Crippen LogP contribution in [0.2, 0.25) is 0 Å². The molecule has 4 aromatic rings. The standard InChI is InChI=1S/C32H36F3N7O2/c1-18(2)41-15-22(32(33,34)35)39-29(41)31-10-7-30(8-11-31,9-12-31)16-42-23(43)13-19(3)21-14-36-26(40-27(21)42)24-25(20-5-6-20)37-17-38-28(24)44-4/h13-15,17-18,20H,5-12,16H2,1-4H3. The van der Waals surface area contributed by atoms with Crippen molar-refractivity contribution in [2.45, 2.75) is 102 Å². The molecule has 12 heteroatoms. The maximum Gasteiger partial charge on any atom is 0.434 e. The third-order valence-corrected chi connectivity index (χ3v) is 10.2. The highest BCUT2D eigenvalue weighted by Crippen LogP contribution is 2.58. The first kappa shape index (κ1) is 28.9. The number of fused-ring (bicyclic) bond motifs is 4. The molecule has 4 aliphatic carbocycles. The van der Waals surface area contributed by atoms with Gasteiger partial charge in [-0.15, -0.1) is 0 Å². The summed E-state index contributed by atoms with van der Waals surface area (Å²) in [6.45, 7) is 6.17. The fourth-order valence-corrected chi connectivity index (χ4v) is 7.48. The van der Waals surface area contributed by atoms with Crippen LogP contribution < -0.4 is 10.3 Å². The van der Waals surface area contributed by atoms with Crippen molar-refractivity contribution in [1.82, 2.24) is 34.1 Å². The largest absolute Gasteiger partial charge is 0.480 e. The van der Waals surface area contributed by atoms with Crippen LogP contribution in [0.1, 0.15) is 99.9 Å². The van der Waals surface area contributed by atoms with Crippen molar-refractivity contribution < 1.29 is 17.9 Å². The Bertz CT molecular complexity index is 1800. The van der Waals surface area contributed by atoms with E-state index in [1.165, 1.54) is 12.5 Å². The van der Waals surface area contributed by atoms with Crippen LogP contribution in [-0.2, 0) is 18.1 Å². The van der Waals surface area contributed by atoms with E-state index < -0.39 is 17.3 Å². The maximum atomic E-state index is 13.7. The highest BCUT2D eigenvalue weighted by atomic mass is 19.4. The maximum absolute atomic E-state index is 13.7. The zero-order chi connectivity index (χ0) is 31.0. The Balaban J connectivity index is 1.25. The number of rotatable bonds is 7. The lowest BCUT2D eigenvalue weighted by molar-refractivity contribution is -0.141. The van der Waals surface area contributed by atoms with Gasteiger partial charge in [-0.1, -0.05) is 0 Å². The lowest BCUT2D eigenvalue weighted by Crippen LogP contribution is -2.48. The average molecular weight is 608 g/mol. The van der Waals surface area contributed by atoms with Crippen LogP contribution >= 0.6 is 0 Å². The van der Waals surface area contributed by atoms with Crippen LogP contribution in [0.5, 0.6) is 5.88 Å². The molecule has 0 N–H and O–H groups in total. The van der Waals surface area contributed by atoms with Crippen molar-refractivity contribution in [2.75, 3.05) is 7.11 Å². The third kappa shape index (κ3) is 4.68. The van der Waals surface area contributed by atoms with Gasteiger partial charge in [0.05, 0.1) is 12.8 Å². The quantitative estimate of drug-likeness (QED) is 0.235. The Morgan fingerprint density at radius 1 is 1.05 bits per heavy atom. The summed E-state index contributed by atoms with van der Waals surface area (Å²) in [4.78, 5) is 36.3. The van der Waals surface area contributed by atoms with E-state index in [9.17, 15) is 18.0 Å². The van der Waals surface area contributed by atoms with Gasteiger partial charge in [-0.05, 0) is 83.1 Å². The molecule has 0 spiro atoms. The van der Waals surface area contributed by atoms with Gasteiger partial charge in [-0.3, -0.25) is 9.36 Å². The number of aryl methyl sites for hydroxylation is 1. The van der Waals surface area contributed by atoms with Gasteiger partial charge in [0.25, 0.3) is 5.56 Å². The molecule has 4 aliphatic rings. The van der Waals surface area contributed by atoms with Crippen LogP contribution in [-0.4, -0.2) is 41.2 Å². The Morgan fingerprint density at radius 3 is 2.36 bits per heavy atom. The van der Waals surface area contributed by atoms with E-state index in [4.69, 9.17) is 9.72 Å². The first-order valence-corrected chi connectivity index (χ1v) is 15.4. The van der Waals surface area contributed by atoms with Crippen molar-refractivity contribution in [2.24, 2.45) is 5.41 Å². The van der Waals surface area contributed by atoms with Gasteiger partial charge in [0.1, 0.15) is 23.4 Å². The molecule has 44 heavy (non-hydrogen) atoms. The topological polar surface area (TPSA) is 101 Å². The Kier molecular flexibility index (Phi) is 6.64. The summed E-state index contributed by atoms with van der Waals surface area (Å²) in [5.74, 6) is 1.70. The molecule has 2 bridgehead atoms. The van der Waals surface area contributed by atoms with Crippen molar-refractivity contribution >= 4 is 11.0 Å². The summed E-state index contributed by atoms with van der Waals surface area (Å²) in [5.41, 5.74) is 1.39. The number of alkyl halides is 3. The van der Waals surface area contributed by atoms with E-state index in [1.807, 2.05) is 20.8 Å². The smallest absolute Gasteiger partial charge is 0.434 e. The molecule has 4 aromatic heterocycles. The summed E-state index contributed by atoms with van der Waals surface area (Å²) >= 11 is 0. The van der Waals surface area contributed by atoms with Gasteiger partial charge in [-0.25, -0.2) is 24.9 Å². The SMILES string of the molecule is COc1ncnc(C2CC2)c1-c1ncc2c(C)cc(=O)n(CC34CCC(c5nc(C(F)(F)F)cn5C(C)C)(CC3)CC4)c2n1. The van der Waals surface area contributed by atoms with Crippen LogP contribution in [0, 0.1) is 12.3 Å². The molecule has 0 aromatic carbocycles. The minimum atomic E-state index is -4.48. The summed E-state index contributed by atoms with van der Waals surface area (Å²) in [5, 5.41) is 0.799. The number of pyridine rings is 1. The molecule has 9 nitrogen and oxygen atoms in total. The summed E-state index contributed by atoms with van der Waals surface area (Å²) in [6, 6.07) is 1.51. The van der Waals surface area contributed by atoms with Gasteiger partial charge in [-0.2, -0.15) is 13.2 Å². The molecule has 8 rings (SSSR count). The molecule has 0 saturated heterocycles. The van der Waals surface area contributed by atoms with E-state index >= 15 is 0 Å². The Hall–Kier alpha value is -3.83. The van der Waals surface area contributed by atoms with Gasteiger partial charge in [0.2, 0.25) is 5.88 Å². The monoisotopic (exact) mass is 607 g/mol. The van der Waals surface area contributed by atoms with Crippen molar-refractivity contribution in [1.29, 1.82) is 0 Å². The van der Waals surface area contributed by atoms with Crippen molar-refractivity contribution in [3.05, 3.63) is 57.9 Å². The minimum Gasteiger partial charge on any atom is -0.480 e. The zero-order valence-electron chi connectivity index (χ0n) is 25.4. The van der Waals surface area contributed by atoms with E-state index in [-0.39, 0.29) is 17.0 Å². The Labute approximate surface area is 252 Å². The summed E-state index contributed by atoms with van der Waals surface area (Å²) in [7, 11) is 1.56. The van der Waals surface area contributed by atoms with Crippen LogP contribution in [0.3, 0.4) is 0 Å². The number of imidazole rings is 1. The normalized spacial score (nSPS) is 23.5. The van der Waals surface area contributed by atoms with Gasteiger partial charge < -0.3 is 9.30 Å². The molecule has 0 amide bonds. The first-order valence-electron chi connectivity index (χ1n) is 15.4.